The summed E-state index contributed by atoms with van der Waals surface area (Å²) in [5.74, 6) is 1.13. The summed E-state index contributed by atoms with van der Waals surface area (Å²) in [6.45, 7) is 2.09. The van der Waals surface area contributed by atoms with Gasteiger partial charge in [0.25, 0.3) is 0 Å². The SMILES string of the molecule is CCCSCCC(=O)O.N#Cc1cccc(-c2ccccc2)c1. The van der Waals surface area contributed by atoms with Gasteiger partial charge in [0.1, 0.15) is 0 Å². The van der Waals surface area contributed by atoms with Crippen LogP contribution in [0, 0.1) is 11.3 Å². The van der Waals surface area contributed by atoms with Gasteiger partial charge < -0.3 is 5.11 Å². The molecule has 0 bridgehead atoms. The van der Waals surface area contributed by atoms with Gasteiger partial charge in [0.15, 0.2) is 0 Å². The number of rotatable bonds is 6. The molecule has 3 nitrogen and oxygen atoms in total. The van der Waals surface area contributed by atoms with Gasteiger partial charge in [0, 0.05) is 5.75 Å². The lowest BCUT2D eigenvalue weighted by atomic mass is 10.0. The zero-order chi connectivity index (χ0) is 16.9. The Hall–Kier alpha value is -2.25. The summed E-state index contributed by atoms with van der Waals surface area (Å²) in [7, 11) is 0. The summed E-state index contributed by atoms with van der Waals surface area (Å²) >= 11 is 1.70. The van der Waals surface area contributed by atoms with Crippen molar-refractivity contribution in [3.8, 4) is 17.2 Å². The zero-order valence-electron chi connectivity index (χ0n) is 13.2. The highest BCUT2D eigenvalue weighted by Gasteiger charge is 1.97. The Morgan fingerprint density at radius 2 is 1.78 bits per heavy atom. The Morgan fingerprint density at radius 3 is 2.39 bits per heavy atom. The average molecular weight is 327 g/mol. The van der Waals surface area contributed by atoms with E-state index < -0.39 is 5.97 Å². The fourth-order valence-electron chi connectivity index (χ4n) is 1.80. The van der Waals surface area contributed by atoms with Crippen molar-refractivity contribution in [1.82, 2.24) is 0 Å². The predicted octanol–water partition coefficient (Wildman–Crippen LogP) is 4.83. The van der Waals surface area contributed by atoms with E-state index in [0.29, 0.717) is 12.0 Å². The van der Waals surface area contributed by atoms with E-state index >= 15 is 0 Å². The monoisotopic (exact) mass is 327 g/mol. The van der Waals surface area contributed by atoms with Crippen molar-refractivity contribution in [2.24, 2.45) is 0 Å². The summed E-state index contributed by atoms with van der Waals surface area (Å²) in [4.78, 5) is 9.95. The molecule has 0 aromatic heterocycles. The maximum absolute atomic E-state index is 9.95. The normalized spacial score (nSPS) is 9.39. The number of thioether (sulfide) groups is 1. The molecule has 0 saturated heterocycles. The lowest BCUT2D eigenvalue weighted by molar-refractivity contribution is -0.136. The summed E-state index contributed by atoms with van der Waals surface area (Å²) in [5, 5.41) is 17.0. The molecule has 0 atom stereocenters. The van der Waals surface area contributed by atoms with Crippen LogP contribution in [0.15, 0.2) is 54.6 Å². The molecule has 0 radical (unpaired) electrons. The van der Waals surface area contributed by atoms with E-state index in [2.05, 4.69) is 13.0 Å². The van der Waals surface area contributed by atoms with E-state index in [-0.39, 0.29) is 0 Å². The van der Waals surface area contributed by atoms with Gasteiger partial charge in [0.05, 0.1) is 18.1 Å². The maximum Gasteiger partial charge on any atom is 0.304 e. The number of hydrogen-bond donors (Lipinski definition) is 1. The second-order valence-electron chi connectivity index (χ2n) is 4.81. The molecule has 1 N–H and O–H groups in total. The first kappa shape index (κ1) is 18.8. The molecule has 0 amide bonds. The molecule has 2 rings (SSSR count). The van der Waals surface area contributed by atoms with Crippen LogP contribution in [0.1, 0.15) is 25.3 Å². The molecule has 0 spiro atoms. The van der Waals surface area contributed by atoms with Crippen LogP contribution in [0.5, 0.6) is 0 Å². The number of benzene rings is 2. The number of nitriles is 1. The van der Waals surface area contributed by atoms with Crippen LogP contribution in [0.3, 0.4) is 0 Å². The van der Waals surface area contributed by atoms with E-state index in [4.69, 9.17) is 10.4 Å². The third-order valence-electron chi connectivity index (χ3n) is 2.91. The number of hydrogen-bond acceptors (Lipinski definition) is 3. The minimum atomic E-state index is -0.696. The number of carbonyl (C=O) groups is 1. The van der Waals surface area contributed by atoms with Gasteiger partial charge >= 0.3 is 5.97 Å². The summed E-state index contributed by atoms with van der Waals surface area (Å²) in [5.41, 5.74) is 2.93. The Balaban J connectivity index is 0.000000257. The molecule has 0 aliphatic heterocycles. The van der Waals surface area contributed by atoms with Gasteiger partial charge in [-0.15, -0.1) is 0 Å². The van der Waals surface area contributed by atoms with Crippen molar-refractivity contribution < 1.29 is 9.90 Å². The summed E-state index contributed by atoms with van der Waals surface area (Å²) < 4.78 is 0. The highest BCUT2D eigenvalue weighted by molar-refractivity contribution is 7.99. The summed E-state index contributed by atoms with van der Waals surface area (Å²) in [6, 6.07) is 19.8. The smallest absolute Gasteiger partial charge is 0.304 e. The second kappa shape index (κ2) is 11.3. The second-order valence-corrected chi connectivity index (χ2v) is 6.04. The van der Waals surface area contributed by atoms with Crippen LogP contribution in [-0.4, -0.2) is 22.6 Å². The van der Waals surface area contributed by atoms with Gasteiger partial charge in [-0.3, -0.25) is 4.79 Å². The highest BCUT2D eigenvalue weighted by Crippen LogP contribution is 2.19. The van der Waals surface area contributed by atoms with Crippen molar-refractivity contribution in [1.29, 1.82) is 5.26 Å². The molecule has 0 heterocycles. The van der Waals surface area contributed by atoms with Gasteiger partial charge in [0.2, 0.25) is 0 Å². The Labute approximate surface area is 142 Å². The van der Waals surface area contributed by atoms with Crippen LogP contribution in [-0.2, 0) is 4.79 Å². The van der Waals surface area contributed by atoms with Gasteiger partial charge in [-0.05, 0) is 35.4 Å². The van der Waals surface area contributed by atoms with Crippen molar-refractivity contribution in [3.05, 3.63) is 60.2 Å². The molecule has 2 aromatic carbocycles. The molecule has 2 aromatic rings. The maximum atomic E-state index is 9.95. The zero-order valence-corrected chi connectivity index (χ0v) is 14.1. The Bertz CT molecular complexity index is 635. The fraction of sp³-hybridized carbons (Fsp3) is 0.263. The molecule has 0 aliphatic rings. The van der Waals surface area contributed by atoms with E-state index in [1.54, 1.807) is 11.8 Å². The molecule has 23 heavy (non-hydrogen) atoms. The molecule has 0 saturated carbocycles. The third kappa shape index (κ3) is 8.08. The average Bonchev–Trinajstić information content (AvgIpc) is 2.60. The molecule has 0 aliphatic carbocycles. The lowest BCUT2D eigenvalue weighted by Gasteiger charge is -2.00. The number of nitrogens with zero attached hydrogens (tertiary/aromatic N) is 1. The first-order chi connectivity index (χ1) is 11.2. The minimum Gasteiger partial charge on any atom is -0.481 e. The number of aliphatic carboxylic acids is 1. The Kier molecular flexibility index (Phi) is 9.26. The van der Waals surface area contributed by atoms with Crippen LogP contribution < -0.4 is 0 Å². The van der Waals surface area contributed by atoms with Crippen molar-refractivity contribution in [2.45, 2.75) is 19.8 Å². The van der Waals surface area contributed by atoms with Crippen LogP contribution >= 0.6 is 11.8 Å². The van der Waals surface area contributed by atoms with E-state index in [0.717, 1.165) is 29.1 Å². The molecule has 120 valence electrons. The number of carboxylic acids is 1. The van der Waals surface area contributed by atoms with E-state index in [1.165, 1.54) is 0 Å². The van der Waals surface area contributed by atoms with Crippen molar-refractivity contribution >= 4 is 17.7 Å². The van der Waals surface area contributed by atoms with Crippen LogP contribution in [0.4, 0.5) is 0 Å². The third-order valence-corrected chi connectivity index (χ3v) is 4.10. The van der Waals surface area contributed by atoms with Gasteiger partial charge in [-0.1, -0.05) is 49.4 Å². The minimum absolute atomic E-state index is 0.296. The number of carboxylic acid groups (broad SMARTS) is 1. The fourth-order valence-corrected chi connectivity index (χ4v) is 2.62. The topological polar surface area (TPSA) is 61.1 Å². The molecular weight excluding hydrogens is 306 g/mol. The highest BCUT2D eigenvalue weighted by atomic mass is 32.2. The first-order valence-electron chi connectivity index (χ1n) is 7.52. The molecule has 4 heteroatoms. The van der Waals surface area contributed by atoms with Crippen molar-refractivity contribution in [3.63, 3.8) is 0 Å². The van der Waals surface area contributed by atoms with E-state index in [1.807, 2.05) is 54.6 Å². The Morgan fingerprint density at radius 1 is 1.09 bits per heavy atom. The quantitative estimate of drug-likeness (QED) is 0.772. The molecule has 0 unspecified atom stereocenters. The van der Waals surface area contributed by atoms with E-state index in [9.17, 15) is 4.79 Å². The molecule has 0 fully saturated rings. The van der Waals surface area contributed by atoms with Gasteiger partial charge in [-0.25, -0.2) is 0 Å². The van der Waals surface area contributed by atoms with Gasteiger partial charge in [-0.2, -0.15) is 17.0 Å². The standard InChI is InChI=1S/C13H9N.C6H12O2S/c14-10-11-5-4-8-13(9-11)12-6-2-1-3-7-12;1-2-4-9-5-3-6(7)8/h1-9H;2-5H2,1H3,(H,7,8). The molecular formula is C19H21NO2S. The predicted molar refractivity (Wildman–Crippen MR) is 96.5 cm³/mol. The first-order valence-corrected chi connectivity index (χ1v) is 8.68. The lowest BCUT2D eigenvalue weighted by Crippen LogP contribution is -1.96. The van der Waals surface area contributed by atoms with Crippen LogP contribution in [0.25, 0.3) is 11.1 Å². The largest absolute Gasteiger partial charge is 0.481 e. The summed E-state index contributed by atoms with van der Waals surface area (Å²) in [6.07, 6.45) is 1.43. The van der Waals surface area contributed by atoms with Crippen LogP contribution in [0.2, 0.25) is 0 Å². The van der Waals surface area contributed by atoms with Crippen molar-refractivity contribution in [2.75, 3.05) is 11.5 Å².